The van der Waals surface area contributed by atoms with Gasteiger partial charge < -0.3 is 0 Å². The number of benzene rings is 1. The highest BCUT2D eigenvalue weighted by atomic mass is 32.1. The Morgan fingerprint density at radius 3 is 3.00 bits per heavy atom. The summed E-state index contributed by atoms with van der Waals surface area (Å²) in [6, 6.07) is 8.64. The zero-order valence-corrected chi connectivity index (χ0v) is 9.48. The zero-order chi connectivity index (χ0) is 10.0. The van der Waals surface area contributed by atoms with E-state index in [1.165, 1.54) is 11.1 Å². The molecule has 1 atom stereocenters. The van der Waals surface area contributed by atoms with Gasteiger partial charge >= 0.3 is 0 Å². The molecule has 1 unspecified atom stereocenters. The van der Waals surface area contributed by atoms with E-state index in [0.717, 1.165) is 25.8 Å². The molecule has 1 aliphatic rings. The summed E-state index contributed by atoms with van der Waals surface area (Å²) < 4.78 is 0. The molecule has 76 valence electrons. The average molecular weight is 207 g/mol. The van der Waals surface area contributed by atoms with Gasteiger partial charge in [0.15, 0.2) is 0 Å². The van der Waals surface area contributed by atoms with Crippen LogP contribution in [0.5, 0.6) is 0 Å². The first kappa shape index (κ1) is 10.1. The van der Waals surface area contributed by atoms with Crippen molar-refractivity contribution in [1.29, 1.82) is 0 Å². The Balaban J connectivity index is 2.39. The van der Waals surface area contributed by atoms with Crippen molar-refractivity contribution in [2.45, 2.75) is 31.1 Å². The predicted octanol–water partition coefficient (Wildman–Crippen LogP) is 2.72. The lowest BCUT2D eigenvalue weighted by molar-refractivity contribution is 0.428. The van der Waals surface area contributed by atoms with Gasteiger partial charge in [-0.2, -0.15) is 12.6 Å². The first-order valence-electron chi connectivity index (χ1n) is 5.32. The average Bonchev–Trinajstić information content (AvgIpc) is 2.19. The smallest absolute Gasteiger partial charge is 0.0875 e. The van der Waals surface area contributed by atoms with Crippen LogP contribution in [0, 0.1) is 0 Å². The maximum atomic E-state index is 4.80. The Labute approximate surface area is 91.3 Å². The quantitative estimate of drug-likeness (QED) is 0.711. The lowest BCUT2D eigenvalue weighted by Crippen LogP contribution is -2.42. The second-order valence-electron chi connectivity index (χ2n) is 3.94. The van der Waals surface area contributed by atoms with Gasteiger partial charge in [-0.15, -0.1) is 0 Å². The molecule has 1 heterocycles. The van der Waals surface area contributed by atoms with E-state index in [2.05, 4.69) is 36.5 Å². The highest BCUT2D eigenvalue weighted by Crippen LogP contribution is 2.35. The summed E-state index contributed by atoms with van der Waals surface area (Å²) in [5.41, 5.74) is 2.83. The molecule has 0 radical (unpaired) electrons. The zero-order valence-electron chi connectivity index (χ0n) is 8.59. The van der Waals surface area contributed by atoms with E-state index in [9.17, 15) is 0 Å². The van der Waals surface area contributed by atoms with Crippen molar-refractivity contribution in [1.82, 2.24) is 5.32 Å². The molecule has 0 aromatic heterocycles. The third kappa shape index (κ3) is 1.69. The Morgan fingerprint density at radius 1 is 1.43 bits per heavy atom. The van der Waals surface area contributed by atoms with Crippen LogP contribution in [0.1, 0.15) is 30.9 Å². The summed E-state index contributed by atoms with van der Waals surface area (Å²) in [6.07, 6.45) is 3.38. The van der Waals surface area contributed by atoms with E-state index in [4.69, 9.17) is 12.6 Å². The molecule has 1 aromatic rings. The standard InChI is InChI=1S/C12H17NS/c1-2-8-12(14)11-6-4-3-5-10(11)7-9-13-12/h3-6,13-14H,2,7-9H2,1H3. The van der Waals surface area contributed by atoms with Crippen molar-refractivity contribution in [3.05, 3.63) is 35.4 Å². The lowest BCUT2D eigenvalue weighted by Gasteiger charge is -2.36. The number of hydrogen-bond donors (Lipinski definition) is 2. The van der Waals surface area contributed by atoms with Gasteiger partial charge in [0.1, 0.15) is 0 Å². The summed E-state index contributed by atoms with van der Waals surface area (Å²) in [4.78, 5) is -0.0937. The van der Waals surface area contributed by atoms with Crippen LogP contribution in [-0.2, 0) is 11.3 Å². The molecular weight excluding hydrogens is 190 g/mol. The van der Waals surface area contributed by atoms with Crippen LogP contribution in [-0.4, -0.2) is 6.54 Å². The Morgan fingerprint density at radius 2 is 2.21 bits per heavy atom. The van der Waals surface area contributed by atoms with Crippen LogP contribution in [0.25, 0.3) is 0 Å². The summed E-state index contributed by atoms with van der Waals surface area (Å²) >= 11 is 4.80. The number of hydrogen-bond acceptors (Lipinski definition) is 2. The Kier molecular flexibility index (Phi) is 2.84. The van der Waals surface area contributed by atoms with Gasteiger partial charge in [0.2, 0.25) is 0 Å². The van der Waals surface area contributed by atoms with Crippen molar-refractivity contribution < 1.29 is 0 Å². The fraction of sp³-hybridized carbons (Fsp3) is 0.500. The highest BCUT2D eigenvalue weighted by Gasteiger charge is 2.31. The van der Waals surface area contributed by atoms with E-state index in [0.29, 0.717) is 0 Å². The molecule has 2 heteroatoms. The SMILES string of the molecule is CCCC1(S)NCCc2ccccc21. The van der Waals surface area contributed by atoms with Gasteiger partial charge in [-0.3, -0.25) is 5.32 Å². The molecule has 0 aliphatic carbocycles. The van der Waals surface area contributed by atoms with Crippen molar-refractivity contribution in [2.75, 3.05) is 6.54 Å². The maximum Gasteiger partial charge on any atom is 0.0875 e. The van der Waals surface area contributed by atoms with Crippen molar-refractivity contribution in [3.63, 3.8) is 0 Å². The molecule has 0 fully saturated rings. The lowest BCUT2D eigenvalue weighted by atomic mass is 9.91. The second-order valence-corrected chi connectivity index (χ2v) is 4.71. The fourth-order valence-corrected chi connectivity index (χ4v) is 2.78. The molecule has 1 aliphatic heterocycles. The number of thiol groups is 1. The third-order valence-corrected chi connectivity index (χ3v) is 3.51. The van der Waals surface area contributed by atoms with Crippen molar-refractivity contribution >= 4 is 12.6 Å². The number of fused-ring (bicyclic) bond motifs is 1. The molecule has 0 saturated carbocycles. The number of rotatable bonds is 2. The van der Waals surface area contributed by atoms with E-state index in [-0.39, 0.29) is 4.87 Å². The number of nitrogens with one attached hydrogen (secondary N) is 1. The van der Waals surface area contributed by atoms with Crippen LogP contribution in [0.2, 0.25) is 0 Å². The largest absolute Gasteiger partial charge is 0.299 e. The Bertz CT molecular complexity index is 324. The van der Waals surface area contributed by atoms with Crippen molar-refractivity contribution in [3.8, 4) is 0 Å². The Hall–Kier alpha value is -0.470. The van der Waals surface area contributed by atoms with Crippen LogP contribution < -0.4 is 5.32 Å². The molecule has 1 aromatic carbocycles. The van der Waals surface area contributed by atoms with Gasteiger partial charge in [0.25, 0.3) is 0 Å². The molecule has 0 saturated heterocycles. The van der Waals surface area contributed by atoms with E-state index >= 15 is 0 Å². The summed E-state index contributed by atoms with van der Waals surface area (Å²) in [7, 11) is 0. The predicted molar refractivity (Wildman–Crippen MR) is 63.7 cm³/mol. The molecule has 0 bridgehead atoms. The summed E-state index contributed by atoms with van der Waals surface area (Å²) in [5.74, 6) is 0. The first-order chi connectivity index (χ1) is 6.76. The second kappa shape index (κ2) is 3.95. The van der Waals surface area contributed by atoms with Gasteiger partial charge in [-0.25, -0.2) is 0 Å². The summed E-state index contributed by atoms with van der Waals surface area (Å²) in [5, 5.41) is 3.52. The minimum absolute atomic E-state index is 0.0937. The minimum atomic E-state index is -0.0937. The van der Waals surface area contributed by atoms with Crippen LogP contribution in [0.15, 0.2) is 24.3 Å². The van der Waals surface area contributed by atoms with Gasteiger partial charge in [0, 0.05) is 6.54 Å². The van der Waals surface area contributed by atoms with Gasteiger partial charge in [-0.05, 0) is 24.0 Å². The molecular formula is C12H17NS. The molecule has 1 N–H and O–H groups in total. The molecule has 2 rings (SSSR count). The van der Waals surface area contributed by atoms with E-state index in [1.54, 1.807) is 0 Å². The monoisotopic (exact) mass is 207 g/mol. The highest BCUT2D eigenvalue weighted by molar-refractivity contribution is 7.81. The van der Waals surface area contributed by atoms with Crippen LogP contribution in [0.4, 0.5) is 0 Å². The fourth-order valence-electron chi connectivity index (χ4n) is 2.23. The molecule has 14 heavy (non-hydrogen) atoms. The van der Waals surface area contributed by atoms with Crippen LogP contribution in [0.3, 0.4) is 0 Å². The molecule has 0 amide bonds. The normalized spacial score (nSPS) is 25.9. The molecule has 1 nitrogen and oxygen atoms in total. The van der Waals surface area contributed by atoms with E-state index < -0.39 is 0 Å². The molecule has 0 spiro atoms. The summed E-state index contributed by atoms with van der Waals surface area (Å²) in [6.45, 7) is 3.25. The van der Waals surface area contributed by atoms with Crippen molar-refractivity contribution in [2.24, 2.45) is 0 Å². The van der Waals surface area contributed by atoms with Crippen LogP contribution >= 0.6 is 12.6 Å². The third-order valence-electron chi connectivity index (χ3n) is 2.89. The topological polar surface area (TPSA) is 12.0 Å². The first-order valence-corrected chi connectivity index (χ1v) is 5.77. The minimum Gasteiger partial charge on any atom is -0.299 e. The van der Waals surface area contributed by atoms with Gasteiger partial charge in [-0.1, -0.05) is 37.6 Å². The maximum absolute atomic E-state index is 4.80. The van der Waals surface area contributed by atoms with E-state index in [1.807, 2.05) is 0 Å². The van der Waals surface area contributed by atoms with Gasteiger partial charge in [0.05, 0.1) is 4.87 Å².